The van der Waals surface area contributed by atoms with Crippen molar-refractivity contribution in [3.8, 4) is 5.75 Å². The maximum absolute atomic E-state index is 12.7. The van der Waals surface area contributed by atoms with E-state index in [9.17, 15) is 9.59 Å². The van der Waals surface area contributed by atoms with Crippen LogP contribution in [0.1, 0.15) is 41.0 Å². The lowest BCUT2D eigenvalue weighted by Gasteiger charge is -2.16. The van der Waals surface area contributed by atoms with Gasteiger partial charge < -0.3 is 20.1 Å². The van der Waals surface area contributed by atoms with Crippen LogP contribution in [0.3, 0.4) is 0 Å². The Kier molecular flexibility index (Phi) is 9.24. The predicted molar refractivity (Wildman–Crippen MR) is 121 cm³/mol. The second-order valence-corrected chi connectivity index (χ2v) is 6.98. The van der Waals surface area contributed by atoms with Crippen LogP contribution in [0.25, 0.3) is 0 Å². The lowest BCUT2D eigenvalue weighted by Crippen LogP contribution is -2.36. The van der Waals surface area contributed by atoms with Crippen LogP contribution >= 0.6 is 12.2 Å². The topological polar surface area (TPSA) is 88.7 Å². The lowest BCUT2D eigenvalue weighted by atomic mass is 10.1. The second kappa shape index (κ2) is 11.9. The molecule has 3 N–H and O–H groups in total. The van der Waals surface area contributed by atoms with Gasteiger partial charge in [-0.3, -0.25) is 14.9 Å². The SMILES string of the molecule is CCC(C)NC(=O)c1ccccc1NC(=S)NC(=O)c1ccccc1OCCOC. The third-order valence-corrected chi connectivity index (χ3v) is 4.52. The minimum absolute atomic E-state index is 0.0480. The van der Waals surface area contributed by atoms with Gasteiger partial charge in [-0.15, -0.1) is 0 Å². The highest BCUT2D eigenvalue weighted by molar-refractivity contribution is 7.80. The first-order valence-electron chi connectivity index (χ1n) is 9.69. The summed E-state index contributed by atoms with van der Waals surface area (Å²) in [6.45, 7) is 4.66. The number of nitrogens with one attached hydrogen (secondary N) is 3. The van der Waals surface area contributed by atoms with Crippen molar-refractivity contribution < 1.29 is 19.1 Å². The summed E-state index contributed by atoms with van der Waals surface area (Å²) in [5.74, 6) is -0.191. The first-order chi connectivity index (χ1) is 14.5. The summed E-state index contributed by atoms with van der Waals surface area (Å²) in [4.78, 5) is 25.2. The molecular formula is C22H27N3O4S. The molecule has 30 heavy (non-hydrogen) atoms. The van der Waals surface area contributed by atoms with Crippen LogP contribution in [0, 0.1) is 0 Å². The third-order valence-electron chi connectivity index (χ3n) is 4.31. The Morgan fingerprint density at radius 2 is 1.67 bits per heavy atom. The van der Waals surface area contributed by atoms with E-state index in [-0.39, 0.29) is 17.1 Å². The molecule has 160 valence electrons. The largest absolute Gasteiger partial charge is 0.490 e. The van der Waals surface area contributed by atoms with E-state index in [0.29, 0.717) is 35.8 Å². The fourth-order valence-electron chi connectivity index (χ4n) is 2.53. The first kappa shape index (κ1) is 23.3. The van der Waals surface area contributed by atoms with Crippen LogP contribution in [0.4, 0.5) is 5.69 Å². The molecule has 2 amide bonds. The zero-order valence-electron chi connectivity index (χ0n) is 17.4. The first-order valence-corrected chi connectivity index (χ1v) is 10.1. The van der Waals surface area contributed by atoms with Gasteiger partial charge in [-0.2, -0.15) is 0 Å². The monoisotopic (exact) mass is 429 g/mol. The Morgan fingerprint density at radius 1 is 1.00 bits per heavy atom. The van der Waals surface area contributed by atoms with Gasteiger partial charge in [-0.25, -0.2) is 0 Å². The van der Waals surface area contributed by atoms with Gasteiger partial charge in [0.1, 0.15) is 12.4 Å². The summed E-state index contributed by atoms with van der Waals surface area (Å²) in [5.41, 5.74) is 1.30. The van der Waals surface area contributed by atoms with Crippen molar-refractivity contribution in [3.05, 3.63) is 59.7 Å². The van der Waals surface area contributed by atoms with Crippen molar-refractivity contribution in [1.82, 2.24) is 10.6 Å². The van der Waals surface area contributed by atoms with Crippen molar-refractivity contribution in [2.75, 3.05) is 25.6 Å². The van der Waals surface area contributed by atoms with E-state index in [1.165, 1.54) is 0 Å². The molecule has 0 fully saturated rings. The molecule has 0 aliphatic rings. The number of para-hydroxylation sites is 2. The van der Waals surface area contributed by atoms with E-state index >= 15 is 0 Å². The van der Waals surface area contributed by atoms with Crippen molar-refractivity contribution >= 4 is 34.8 Å². The normalized spacial score (nSPS) is 11.3. The molecule has 2 rings (SSSR count). The van der Waals surface area contributed by atoms with Gasteiger partial charge in [-0.05, 0) is 49.8 Å². The second-order valence-electron chi connectivity index (χ2n) is 6.57. The number of methoxy groups -OCH3 is 1. The van der Waals surface area contributed by atoms with Gasteiger partial charge in [0.2, 0.25) is 0 Å². The van der Waals surface area contributed by atoms with Gasteiger partial charge in [0.25, 0.3) is 11.8 Å². The molecule has 2 aromatic carbocycles. The molecule has 0 radical (unpaired) electrons. The van der Waals surface area contributed by atoms with Crippen molar-refractivity contribution in [2.45, 2.75) is 26.3 Å². The Morgan fingerprint density at radius 3 is 2.37 bits per heavy atom. The Hall–Kier alpha value is -2.97. The smallest absolute Gasteiger partial charge is 0.261 e. The molecule has 0 saturated heterocycles. The molecule has 0 aromatic heterocycles. The minimum Gasteiger partial charge on any atom is -0.490 e. The number of ether oxygens (including phenoxy) is 2. The molecule has 1 atom stereocenters. The molecule has 7 nitrogen and oxygen atoms in total. The summed E-state index contributed by atoms with van der Waals surface area (Å²) in [5, 5.41) is 8.57. The van der Waals surface area contributed by atoms with E-state index in [1.54, 1.807) is 55.6 Å². The van der Waals surface area contributed by atoms with Gasteiger partial charge in [0.15, 0.2) is 5.11 Å². The standard InChI is InChI=1S/C22H27N3O4S/c1-4-15(2)23-20(26)16-9-5-7-11-18(16)24-22(30)25-21(27)17-10-6-8-12-19(17)29-14-13-28-3/h5-12,15H,4,13-14H2,1-3H3,(H,23,26)(H2,24,25,27,30). The Bertz CT molecular complexity index is 888. The maximum atomic E-state index is 12.7. The number of amides is 2. The summed E-state index contributed by atoms with van der Waals surface area (Å²) in [6.07, 6.45) is 0.821. The van der Waals surface area contributed by atoms with Gasteiger partial charge in [0, 0.05) is 13.2 Å². The van der Waals surface area contributed by atoms with E-state index in [2.05, 4.69) is 16.0 Å². The Balaban J connectivity index is 2.07. The zero-order chi connectivity index (χ0) is 21.9. The number of thiocarbonyl (C=S) groups is 1. The number of anilines is 1. The molecule has 0 aliphatic heterocycles. The molecule has 1 unspecified atom stereocenters. The predicted octanol–water partition coefficient (Wildman–Crippen LogP) is 3.37. The van der Waals surface area contributed by atoms with Gasteiger partial charge in [-0.1, -0.05) is 31.2 Å². The van der Waals surface area contributed by atoms with E-state index < -0.39 is 5.91 Å². The van der Waals surface area contributed by atoms with Crippen LogP contribution in [0.2, 0.25) is 0 Å². The van der Waals surface area contributed by atoms with E-state index in [0.717, 1.165) is 6.42 Å². The number of benzene rings is 2. The van der Waals surface area contributed by atoms with Gasteiger partial charge >= 0.3 is 0 Å². The molecule has 0 aliphatic carbocycles. The third kappa shape index (κ3) is 6.82. The average molecular weight is 430 g/mol. The fourth-order valence-corrected chi connectivity index (χ4v) is 2.74. The summed E-state index contributed by atoms with van der Waals surface area (Å²) < 4.78 is 10.6. The highest BCUT2D eigenvalue weighted by Gasteiger charge is 2.16. The molecule has 0 spiro atoms. The highest BCUT2D eigenvalue weighted by Crippen LogP contribution is 2.18. The van der Waals surface area contributed by atoms with Crippen LogP contribution in [-0.2, 0) is 4.74 Å². The minimum atomic E-state index is -0.415. The molecule has 0 heterocycles. The summed E-state index contributed by atoms with van der Waals surface area (Å²) in [7, 11) is 1.58. The molecular weight excluding hydrogens is 402 g/mol. The molecule has 0 saturated carbocycles. The summed E-state index contributed by atoms with van der Waals surface area (Å²) >= 11 is 5.28. The quantitative estimate of drug-likeness (QED) is 0.418. The maximum Gasteiger partial charge on any atom is 0.261 e. The molecule has 0 bridgehead atoms. The summed E-state index contributed by atoms with van der Waals surface area (Å²) in [6, 6.07) is 13.9. The van der Waals surface area contributed by atoms with Crippen LogP contribution < -0.4 is 20.7 Å². The Labute approximate surface area is 182 Å². The van der Waals surface area contributed by atoms with Crippen LogP contribution in [0.15, 0.2) is 48.5 Å². The number of hydrogen-bond donors (Lipinski definition) is 3. The van der Waals surface area contributed by atoms with E-state index in [1.807, 2.05) is 13.8 Å². The fraction of sp³-hybridized carbons (Fsp3) is 0.318. The number of hydrogen-bond acceptors (Lipinski definition) is 5. The van der Waals surface area contributed by atoms with Crippen molar-refractivity contribution in [2.24, 2.45) is 0 Å². The number of rotatable bonds is 9. The van der Waals surface area contributed by atoms with Crippen molar-refractivity contribution in [1.29, 1.82) is 0 Å². The zero-order valence-corrected chi connectivity index (χ0v) is 18.2. The average Bonchev–Trinajstić information content (AvgIpc) is 2.74. The lowest BCUT2D eigenvalue weighted by molar-refractivity contribution is 0.0938. The van der Waals surface area contributed by atoms with Crippen molar-refractivity contribution in [3.63, 3.8) is 0 Å². The molecule has 8 heteroatoms. The van der Waals surface area contributed by atoms with Crippen LogP contribution in [0.5, 0.6) is 5.75 Å². The van der Waals surface area contributed by atoms with E-state index in [4.69, 9.17) is 21.7 Å². The van der Waals surface area contributed by atoms with Gasteiger partial charge in [0.05, 0.1) is 23.4 Å². The highest BCUT2D eigenvalue weighted by atomic mass is 32.1. The number of carbonyl (C=O) groups is 2. The molecule has 2 aromatic rings. The number of carbonyl (C=O) groups excluding carboxylic acids is 2. The van der Waals surface area contributed by atoms with Crippen LogP contribution in [-0.4, -0.2) is 43.3 Å².